The van der Waals surface area contributed by atoms with Gasteiger partial charge in [-0.05, 0) is 6.42 Å². The third kappa shape index (κ3) is 2.95. The van der Waals surface area contributed by atoms with Crippen molar-refractivity contribution >= 4 is 19.2 Å². The van der Waals surface area contributed by atoms with Crippen LogP contribution in [0.2, 0.25) is 13.1 Å². The van der Waals surface area contributed by atoms with Gasteiger partial charge in [0.25, 0.3) is 0 Å². The molecule has 1 rings (SSSR count). The van der Waals surface area contributed by atoms with Gasteiger partial charge in [0, 0.05) is 12.6 Å². The highest BCUT2D eigenvalue weighted by Gasteiger charge is 2.32. The largest absolute Gasteiger partial charge is 0.356 e. The molecule has 0 radical (unpaired) electrons. The van der Waals surface area contributed by atoms with Gasteiger partial charge in [-0.15, -0.1) is 0 Å². The Kier molecular flexibility index (Phi) is 4.30. The summed E-state index contributed by atoms with van der Waals surface area (Å²) in [5.41, 5.74) is 0.312. The van der Waals surface area contributed by atoms with Crippen LogP contribution in [-0.4, -0.2) is 19.6 Å². The predicted molar refractivity (Wildman–Crippen MR) is 71.5 cm³/mol. The smallest absolute Gasteiger partial charge is 0.216 e. The predicted octanol–water partition coefficient (Wildman–Crippen LogP) is 2.06. The zero-order chi connectivity index (χ0) is 12.2. The normalized spacial score (nSPS) is 13.2. The van der Waals surface area contributed by atoms with Crippen LogP contribution in [0.25, 0.3) is 0 Å². The zero-order valence-electron chi connectivity index (χ0n) is 10.6. The van der Waals surface area contributed by atoms with E-state index < -0.39 is 8.07 Å². The summed E-state index contributed by atoms with van der Waals surface area (Å²) < 4.78 is 0. The second-order valence-electron chi connectivity index (χ2n) is 4.75. The molecule has 0 aromatic heterocycles. The summed E-state index contributed by atoms with van der Waals surface area (Å²) >= 11 is 0. The summed E-state index contributed by atoms with van der Waals surface area (Å²) in [5.74, 6) is 0.0726. The average molecular weight is 235 g/mol. The standard InChI is InChI=1S/C13H21NOSi/c1-5-13(14-11(2)15)16(3,4)12-9-7-6-8-10-12/h6-10,13H,5H2,1-4H3,(H,14,15). The van der Waals surface area contributed by atoms with E-state index in [0.29, 0.717) is 5.67 Å². The van der Waals surface area contributed by atoms with Crippen LogP contribution in [-0.2, 0) is 4.79 Å². The van der Waals surface area contributed by atoms with Gasteiger partial charge < -0.3 is 5.32 Å². The van der Waals surface area contributed by atoms with E-state index in [1.165, 1.54) is 5.19 Å². The highest BCUT2D eigenvalue weighted by atomic mass is 28.3. The van der Waals surface area contributed by atoms with E-state index in [9.17, 15) is 4.79 Å². The van der Waals surface area contributed by atoms with Crippen molar-refractivity contribution in [3.05, 3.63) is 30.3 Å². The number of carbonyl (C=O) groups excluding carboxylic acids is 1. The molecule has 1 N–H and O–H groups in total. The van der Waals surface area contributed by atoms with Crippen molar-refractivity contribution in [3.8, 4) is 0 Å². The first-order chi connectivity index (χ1) is 7.48. The van der Waals surface area contributed by atoms with Crippen LogP contribution < -0.4 is 10.5 Å². The number of benzene rings is 1. The van der Waals surface area contributed by atoms with Crippen molar-refractivity contribution < 1.29 is 4.79 Å². The highest BCUT2D eigenvalue weighted by molar-refractivity contribution is 6.91. The molecular formula is C13H21NOSi. The summed E-state index contributed by atoms with van der Waals surface area (Å²) in [6, 6.07) is 10.5. The van der Waals surface area contributed by atoms with E-state index in [-0.39, 0.29) is 5.91 Å². The second-order valence-corrected chi connectivity index (χ2v) is 9.47. The summed E-state index contributed by atoms with van der Waals surface area (Å²) in [5, 5.41) is 4.49. The lowest BCUT2D eigenvalue weighted by molar-refractivity contribution is -0.119. The van der Waals surface area contributed by atoms with Crippen LogP contribution in [0.1, 0.15) is 20.3 Å². The Morgan fingerprint density at radius 2 is 1.88 bits per heavy atom. The first-order valence-electron chi connectivity index (χ1n) is 5.81. The maximum Gasteiger partial charge on any atom is 0.216 e. The number of hydrogen-bond donors (Lipinski definition) is 1. The van der Waals surface area contributed by atoms with E-state index in [0.717, 1.165) is 6.42 Å². The first-order valence-corrected chi connectivity index (χ1v) is 8.88. The van der Waals surface area contributed by atoms with Gasteiger partial charge in [0.1, 0.15) is 8.07 Å². The average Bonchev–Trinajstić information content (AvgIpc) is 2.26. The second kappa shape index (κ2) is 5.30. The summed E-state index contributed by atoms with van der Waals surface area (Å²) in [6.45, 7) is 8.36. The fourth-order valence-electron chi connectivity index (χ4n) is 2.11. The molecule has 1 aromatic carbocycles. The fraction of sp³-hybridized carbons (Fsp3) is 0.462. The summed E-state index contributed by atoms with van der Waals surface area (Å²) in [4.78, 5) is 11.2. The van der Waals surface area contributed by atoms with Crippen LogP contribution in [0.4, 0.5) is 0 Å². The van der Waals surface area contributed by atoms with Gasteiger partial charge in [-0.2, -0.15) is 0 Å². The molecule has 0 spiro atoms. The molecule has 1 atom stereocenters. The van der Waals surface area contributed by atoms with Crippen molar-refractivity contribution in [3.63, 3.8) is 0 Å². The number of nitrogens with one attached hydrogen (secondary N) is 1. The Morgan fingerprint density at radius 3 is 2.31 bits per heavy atom. The molecule has 88 valence electrons. The molecule has 0 saturated heterocycles. The van der Waals surface area contributed by atoms with Crippen molar-refractivity contribution in [2.75, 3.05) is 0 Å². The zero-order valence-corrected chi connectivity index (χ0v) is 11.6. The SMILES string of the molecule is CCC(NC(C)=O)[Si](C)(C)c1ccccc1. The van der Waals surface area contributed by atoms with Gasteiger partial charge in [-0.25, -0.2) is 0 Å². The number of hydrogen-bond acceptors (Lipinski definition) is 1. The van der Waals surface area contributed by atoms with E-state index in [4.69, 9.17) is 0 Å². The van der Waals surface area contributed by atoms with E-state index in [1.54, 1.807) is 6.92 Å². The molecule has 0 saturated carbocycles. The quantitative estimate of drug-likeness (QED) is 0.795. The summed E-state index contributed by atoms with van der Waals surface area (Å²) in [6.07, 6.45) is 0.994. The molecule has 1 amide bonds. The minimum absolute atomic E-state index is 0.0726. The van der Waals surface area contributed by atoms with Gasteiger partial charge in [0.2, 0.25) is 5.91 Å². The minimum atomic E-state index is -1.60. The van der Waals surface area contributed by atoms with Crippen LogP contribution >= 0.6 is 0 Å². The highest BCUT2D eigenvalue weighted by Crippen LogP contribution is 2.12. The van der Waals surface area contributed by atoms with E-state index in [1.807, 2.05) is 6.07 Å². The van der Waals surface area contributed by atoms with Crippen LogP contribution in [0.3, 0.4) is 0 Å². The molecular weight excluding hydrogens is 214 g/mol. The van der Waals surface area contributed by atoms with E-state index >= 15 is 0 Å². The molecule has 0 bridgehead atoms. The molecule has 0 aliphatic heterocycles. The summed E-state index contributed by atoms with van der Waals surface area (Å²) in [7, 11) is -1.60. The van der Waals surface area contributed by atoms with Crippen molar-refractivity contribution in [1.82, 2.24) is 5.32 Å². The van der Waals surface area contributed by atoms with Crippen LogP contribution in [0, 0.1) is 0 Å². The topological polar surface area (TPSA) is 29.1 Å². The van der Waals surface area contributed by atoms with Crippen LogP contribution in [0.15, 0.2) is 30.3 Å². The molecule has 0 fully saturated rings. The third-order valence-electron chi connectivity index (χ3n) is 3.17. The van der Waals surface area contributed by atoms with Gasteiger partial charge in [0.05, 0.1) is 0 Å². The molecule has 0 aliphatic carbocycles. The molecule has 1 aromatic rings. The van der Waals surface area contributed by atoms with Crippen molar-refractivity contribution in [1.29, 1.82) is 0 Å². The molecule has 16 heavy (non-hydrogen) atoms. The van der Waals surface area contributed by atoms with E-state index in [2.05, 4.69) is 49.6 Å². The van der Waals surface area contributed by atoms with Gasteiger partial charge in [-0.1, -0.05) is 55.5 Å². The lowest BCUT2D eigenvalue weighted by atomic mass is 10.4. The monoisotopic (exact) mass is 235 g/mol. The lowest BCUT2D eigenvalue weighted by Crippen LogP contribution is -2.59. The Labute approximate surface area is 99.1 Å². The number of carbonyl (C=O) groups is 1. The molecule has 2 nitrogen and oxygen atoms in total. The molecule has 0 heterocycles. The lowest BCUT2D eigenvalue weighted by Gasteiger charge is -2.32. The minimum Gasteiger partial charge on any atom is -0.356 e. The first kappa shape index (κ1) is 13.0. The number of amides is 1. The Bertz CT molecular complexity index is 348. The molecule has 1 unspecified atom stereocenters. The van der Waals surface area contributed by atoms with Crippen molar-refractivity contribution in [2.45, 2.75) is 39.0 Å². The van der Waals surface area contributed by atoms with Gasteiger partial charge >= 0.3 is 0 Å². The van der Waals surface area contributed by atoms with Gasteiger partial charge in [-0.3, -0.25) is 4.79 Å². The maximum atomic E-state index is 11.2. The molecule has 3 heteroatoms. The molecule has 0 aliphatic rings. The number of rotatable bonds is 4. The van der Waals surface area contributed by atoms with Crippen molar-refractivity contribution in [2.24, 2.45) is 0 Å². The Balaban J connectivity index is 2.94. The maximum absolute atomic E-state index is 11.2. The fourth-order valence-corrected chi connectivity index (χ4v) is 5.15. The van der Waals surface area contributed by atoms with Gasteiger partial charge in [0.15, 0.2) is 0 Å². The van der Waals surface area contributed by atoms with Crippen LogP contribution in [0.5, 0.6) is 0 Å². The third-order valence-corrected chi connectivity index (χ3v) is 7.29. The Morgan fingerprint density at radius 1 is 1.31 bits per heavy atom. The Hall–Kier alpha value is -1.09.